The molecule has 33 heavy (non-hydrogen) atoms. The summed E-state index contributed by atoms with van der Waals surface area (Å²) >= 11 is 0. The predicted molar refractivity (Wildman–Crippen MR) is 129 cm³/mol. The first-order valence-corrected chi connectivity index (χ1v) is 12.5. The highest BCUT2D eigenvalue weighted by Crippen LogP contribution is 2.38. The van der Waals surface area contributed by atoms with E-state index in [4.69, 9.17) is 0 Å². The number of fused-ring (bicyclic) bond motifs is 1. The van der Waals surface area contributed by atoms with E-state index in [2.05, 4.69) is 33.0 Å². The first-order valence-electron chi connectivity index (χ1n) is 11.0. The van der Waals surface area contributed by atoms with Crippen LogP contribution < -0.4 is 20.9 Å². The highest BCUT2D eigenvalue weighted by molar-refractivity contribution is 7.92. The Morgan fingerprint density at radius 1 is 0.970 bits per heavy atom. The molecule has 1 unspecified atom stereocenters. The van der Waals surface area contributed by atoms with Crippen LogP contribution in [0.3, 0.4) is 0 Å². The van der Waals surface area contributed by atoms with Crippen molar-refractivity contribution in [2.24, 2.45) is 0 Å². The van der Waals surface area contributed by atoms with Gasteiger partial charge in [0.25, 0.3) is 10.0 Å². The number of hydrogen-bond donors (Lipinski definition) is 4. The van der Waals surface area contributed by atoms with Gasteiger partial charge in [-0.15, -0.1) is 0 Å². The molecule has 0 fully saturated rings. The molecule has 0 saturated heterocycles. The molecule has 1 heterocycles. The summed E-state index contributed by atoms with van der Waals surface area (Å²) in [6, 6.07) is 12.9. The van der Waals surface area contributed by atoms with Crippen molar-refractivity contribution in [3.8, 4) is 0 Å². The summed E-state index contributed by atoms with van der Waals surface area (Å²) in [7, 11) is -3.72. The molecule has 5 rings (SSSR count). The van der Waals surface area contributed by atoms with E-state index in [1.165, 1.54) is 23.3 Å². The fourth-order valence-electron chi connectivity index (χ4n) is 4.49. The molecule has 2 aromatic rings. The van der Waals surface area contributed by atoms with E-state index in [0.717, 1.165) is 42.5 Å². The number of benzene rings is 2. The molecular weight excluding hydrogens is 436 g/mol. The molecule has 0 bridgehead atoms. The van der Waals surface area contributed by atoms with Crippen molar-refractivity contribution < 1.29 is 13.2 Å². The Morgan fingerprint density at radius 3 is 2.45 bits per heavy atom. The number of hydrazine groups is 1. The number of rotatable bonds is 5. The molecule has 8 heteroatoms. The van der Waals surface area contributed by atoms with E-state index in [1.807, 2.05) is 19.1 Å². The summed E-state index contributed by atoms with van der Waals surface area (Å²) in [5, 5.41) is 2.90. The summed E-state index contributed by atoms with van der Waals surface area (Å²) in [6.07, 6.45) is 8.18. The lowest BCUT2D eigenvalue weighted by atomic mass is 9.83. The van der Waals surface area contributed by atoms with Crippen molar-refractivity contribution in [2.45, 2.75) is 43.5 Å². The van der Waals surface area contributed by atoms with Gasteiger partial charge >= 0.3 is 0 Å². The van der Waals surface area contributed by atoms with Crippen LogP contribution in [0.25, 0.3) is 0 Å². The van der Waals surface area contributed by atoms with Crippen LogP contribution in [0, 0.1) is 6.92 Å². The Kier molecular flexibility index (Phi) is 5.55. The van der Waals surface area contributed by atoms with Crippen LogP contribution in [0.1, 0.15) is 31.2 Å². The van der Waals surface area contributed by atoms with Crippen LogP contribution in [0.4, 0.5) is 11.4 Å². The van der Waals surface area contributed by atoms with Gasteiger partial charge < -0.3 is 10.7 Å². The second-order valence-corrected chi connectivity index (χ2v) is 10.2. The number of aryl methyl sites for hydroxylation is 1. The molecule has 2 aliphatic carbocycles. The molecule has 0 spiro atoms. The van der Waals surface area contributed by atoms with Crippen molar-refractivity contribution >= 4 is 27.3 Å². The minimum atomic E-state index is -3.72. The van der Waals surface area contributed by atoms with Crippen molar-refractivity contribution in [1.82, 2.24) is 10.9 Å². The van der Waals surface area contributed by atoms with E-state index in [-0.39, 0.29) is 10.8 Å². The third kappa shape index (κ3) is 4.31. The standard InChI is InChI=1S/C25H26N4O3S/c1-16-6-9-19(10-7-16)29-33(31,32)20-13-11-18(12-14-20)26-25(30)24-22-15-8-17-4-2-3-5-21(17)23(22)27-28-24/h2,4,6-7,9-14,24,27-29H,3,5,8,15H2,1H3,(H,26,30). The van der Waals surface area contributed by atoms with Gasteiger partial charge in [0.15, 0.2) is 0 Å². The van der Waals surface area contributed by atoms with Crippen LogP contribution in [-0.4, -0.2) is 20.4 Å². The first kappa shape index (κ1) is 21.5. The molecule has 1 amide bonds. The molecule has 0 aromatic heterocycles. The quantitative estimate of drug-likeness (QED) is 0.540. The average Bonchev–Trinajstić information content (AvgIpc) is 3.26. The third-order valence-electron chi connectivity index (χ3n) is 6.24. The summed E-state index contributed by atoms with van der Waals surface area (Å²) < 4.78 is 27.9. The van der Waals surface area contributed by atoms with Crippen LogP contribution in [-0.2, 0) is 14.8 Å². The van der Waals surface area contributed by atoms with Crippen molar-refractivity contribution in [3.05, 3.63) is 88.7 Å². The van der Waals surface area contributed by atoms with Crippen molar-refractivity contribution in [1.29, 1.82) is 0 Å². The van der Waals surface area contributed by atoms with Gasteiger partial charge in [0.05, 0.1) is 10.6 Å². The van der Waals surface area contributed by atoms with Gasteiger partial charge in [0.1, 0.15) is 6.04 Å². The smallest absolute Gasteiger partial charge is 0.261 e. The molecule has 170 valence electrons. The molecule has 7 nitrogen and oxygen atoms in total. The molecule has 0 saturated carbocycles. The fourth-order valence-corrected chi connectivity index (χ4v) is 5.55. The Hall–Kier alpha value is -3.36. The van der Waals surface area contributed by atoms with E-state index in [9.17, 15) is 13.2 Å². The number of sulfonamides is 1. The first-order chi connectivity index (χ1) is 15.9. The Balaban J connectivity index is 1.27. The lowest BCUT2D eigenvalue weighted by Gasteiger charge is -2.23. The average molecular weight is 463 g/mol. The zero-order valence-electron chi connectivity index (χ0n) is 18.3. The third-order valence-corrected chi connectivity index (χ3v) is 7.64. The van der Waals surface area contributed by atoms with Gasteiger partial charge in [-0.05, 0) is 85.7 Å². The molecular formula is C25H26N4O3S. The predicted octanol–water partition coefficient (Wildman–Crippen LogP) is 3.91. The highest BCUT2D eigenvalue weighted by atomic mass is 32.2. The SMILES string of the molecule is Cc1ccc(NS(=O)(=O)c2ccc(NC(=O)C3NNC4=C3CCC3=C4CCC=C3)cc2)cc1. The number of nitrogens with one attached hydrogen (secondary N) is 4. The maximum absolute atomic E-state index is 13.0. The number of allylic oxidation sites excluding steroid dienone is 4. The van der Waals surface area contributed by atoms with Crippen molar-refractivity contribution in [3.63, 3.8) is 0 Å². The minimum absolute atomic E-state index is 0.129. The molecule has 1 atom stereocenters. The van der Waals surface area contributed by atoms with Gasteiger partial charge in [0.2, 0.25) is 5.91 Å². The molecule has 2 aromatic carbocycles. The normalized spacial score (nSPS) is 19.6. The van der Waals surface area contributed by atoms with Gasteiger partial charge in [-0.25, -0.2) is 13.8 Å². The second-order valence-electron chi connectivity index (χ2n) is 8.53. The molecule has 1 aliphatic heterocycles. The summed E-state index contributed by atoms with van der Waals surface area (Å²) in [5.41, 5.74) is 13.2. The summed E-state index contributed by atoms with van der Waals surface area (Å²) in [6.45, 7) is 1.94. The minimum Gasteiger partial charge on any atom is -0.324 e. The second kappa shape index (κ2) is 8.53. The summed E-state index contributed by atoms with van der Waals surface area (Å²) in [4.78, 5) is 13.1. The van der Waals surface area contributed by atoms with Crippen LogP contribution in [0.15, 0.2) is 88.0 Å². The Morgan fingerprint density at radius 2 is 1.70 bits per heavy atom. The summed E-state index contributed by atoms with van der Waals surface area (Å²) in [5.74, 6) is -0.170. The van der Waals surface area contributed by atoms with Gasteiger partial charge in [-0.2, -0.15) is 0 Å². The fraction of sp³-hybridized carbons (Fsp3) is 0.240. The highest BCUT2D eigenvalue weighted by Gasteiger charge is 2.35. The van der Waals surface area contributed by atoms with E-state index < -0.39 is 16.1 Å². The molecule has 4 N–H and O–H groups in total. The van der Waals surface area contributed by atoms with Gasteiger partial charge in [-0.3, -0.25) is 9.52 Å². The van der Waals surface area contributed by atoms with E-state index >= 15 is 0 Å². The lowest BCUT2D eigenvalue weighted by molar-refractivity contribution is -0.117. The van der Waals surface area contributed by atoms with Crippen LogP contribution in [0.2, 0.25) is 0 Å². The maximum atomic E-state index is 13.0. The maximum Gasteiger partial charge on any atom is 0.261 e. The number of carbonyl (C=O) groups excluding carboxylic acids is 1. The van der Waals surface area contributed by atoms with Crippen LogP contribution >= 0.6 is 0 Å². The number of amides is 1. The van der Waals surface area contributed by atoms with E-state index in [0.29, 0.717) is 11.4 Å². The number of hydrogen-bond acceptors (Lipinski definition) is 5. The Bertz CT molecular complexity index is 1290. The number of anilines is 2. The van der Waals surface area contributed by atoms with Crippen molar-refractivity contribution in [2.75, 3.05) is 10.0 Å². The van der Waals surface area contributed by atoms with Gasteiger partial charge in [-0.1, -0.05) is 29.8 Å². The monoisotopic (exact) mass is 462 g/mol. The molecule has 0 radical (unpaired) electrons. The largest absolute Gasteiger partial charge is 0.324 e. The zero-order chi connectivity index (χ0) is 23.0. The topological polar surface area (TPSA) is 99.3 Å². The number of carbonyl (C=O) groups is 1. The van der Waals surface area contributed by atoms with Crippen LogP contribution in [0.5, 0.6) is 0 Å². The zero-order valence-corrected chi connectivity index (χ0v) is 19.1. The van der Waals surface area contributed by atoms with E-state index in [1.54, 1.807) is 24.3 Å². The lowest BCUT2D eigenvalue weighted by Crippen LogP contribution is -2.42. The Labute approximate surface area is 193 Å². The molecule has 3 aliphatic rings. The van der Waals surface area contributed by atoms with Gasteiger partial charge in [0, 0.05) is 11.4 Å².